The van der Waals surface area contributed by atoms with Crippen LogP contribution in [0.25, 0.3) is 0 Å². The van der Waals surface area contributed by atoms with Crippen molar-refractivity contribution in [1.82, 2.24) is 0 Å². The Hall–Kier alpha value is -0.0800. The summed E-state index contributed by atoms with van der Waals surface area (Å²) >= 11 is 0. The van der Waals surface area contributed by atoms with E-state index >= 15 is 0 Å². The third-order valence-electron chi connectivity index (χ3n) is 0.544. The molecule has 0 fully saturated rings. The lowest BCUT2D eigenvalue weighted by Crippen LogP contribution is -2.10. The van der Waals surface area contributed by atoms with Gasteiger partial charge >= 0.3 is 0 Å². The Bertz CT molecular complexity index is 78.5. The van der Waals surface area contributed by atoms with Gasteiger partial charge in [-0.15, -0.1) is 0 Å². The topological polar surface area (TPSA) is 29.5 Å². The lowest BCUT2D eigenvalue weighted by molar-refractivity contribution is 0.0300. The summed E-state index contributed by atoms with van der Waals surface area (Å²) < 4.78 is 5.25. The van der Waals surface area contributed by atoms with E-state index < -0.39 is 5.60 Å². The van der Waals surface area contributed by atoms with E-state index in [0.717, 1.165) is 0 Å². The first-order valence-electron chi connectivity index (χ1n) is 4.50. The van der Waals surface area contributed by atoms with Gasteiger partial charge < -0.3 is 9.84 Å². The van der Waals surface area contributed by atoms with E-state index in [1.54, 1.807) is 20.8 Å². The summed E-state index contributed by atoms with van der Waals surface area (Å²) in [7, 11) is 0. The van der Waals surface area contributed by atoms with E-state index in [1.807, 2.05) is 27.7 Å². The van der Waals surface area contributed by atoms with Crippen LogP contribution < -0.4 is 0 Å². The minimum atomic E-state index is -0.500. The van der Waals surface area contributed by atoms with Crippen molar-refractivity contribution < 1.29 is 9.84 Å². The minimum Gasteiger partial charge on any atom is -0.391 e. The molecule has 0 amide bonds. The van der Waals surface area contributed by atoms with Crippen LogP contribution in [-0.2, 0) is 4.74 Å². The van der Waals surface area contributed by atoms with E-state index in [0.29, 0.717) is 12.2 Å². The highest BCUT2D eigenvalue weighted by Crippen LogP contribution is 1.93. The molecule has 0 unspecified atom stereocenters. The molecule has 0 saturated carbocycles. The average Bonchev–Trinajstić information content (AvgIpc) is 1.52. The second kappa shape index (κ2) is 6.44. The van der Waals surface area contributed by atoms with Crippen molar-refractivity contribution in [2.24, 2.45) is 0 Å². The van der Waals surface area contributed by atoms with Crippen LogP contribution in [0.2, 0.25) is 0 Å². The highest BCUT2D eigenvalue weighted by molar-refractivity contribution is 4.50. The molecule has 12 heavy (non-hydrogen) atoms. The standard InChI is InChI=1S/C6H14O.C4H10O/c1-5(2)7-6(3)4;1-4(2,3)5/h5-6H,1-4H3;5H,1-3H3. The fourth-order valence-corrected chi connectivity index (χ4v) is 0.544. The van der Waals surface area contributed by atoms with Crippen LogP contribution in [0.5, 0.6) is 0 Å². The fourth-order valence-electron chi connectivity index (χ4n) is 0.544. The van der Waals surface area contributed by atoms with Crippen LogP contribution in [0, 0.1) is 0 Å². The van der Waals surface area contributed by atoms with Crippen molar-refractivity contribution in [3.8, 4) is 0 Å². The van der Waals surface area contributed by atoms with E-state index in [1.165, 1.54) is 0 Å². The molecule has 2 heteroatoms. The normalized spacial score (nSPS) is 11.5. The Balaban J connectivity index is 0. The molecule has 0 heterocycles. The first kappa shape index (κ1) is 14.4. The SMILES string of the molecule is CC(C)(C)O.CC(C)OC(C)C. The number of ether oxygens (including phenoxy) is 1. The van der Waals surface area contributed by atoms with Gasteiger partial charge in [0.1, 0.15) is 0 Å². The van der Waals surface area contributed by atoms with Crippen LogP contribution in [0.4, 0.5) is 0 Å². The minimum absolute atomic E-state index is 0.375. The molecular formula is C10H24O2. The molecular weight excluding hydrogens is 152 g/mol. The first-order valence-corrected chi connectivity index (χ1v) is 4.50. The predicted molar refractivity (Wildman–Crippen MR) is 53.3 cm³/mol. The lowest BCUT2D eigenvalue weighted by Gasteiger charge is -2.09. The third-order valence-corrected chi connectivity index (χ3v) is 0.544. The van der Waals surface area contributed by atoms with Crippen molar-refractivity contribution in [1.29, 1.82) is 0 Å². The average molecular weight is 176 g/mol. The largest absolute Gasteiger partial charge is 0.391 e. The second-order valence-corrected chi connectivity index (χ2v) is 4.40. The zero-order chi connectivity index (χ0) is 10.4. The molecule has 1 N–H and O–H groups in total. The number of hydrogen-bond acceptors (Lipinski definition) is 2. The summed E-state index contributed by atoms with van der Waals surface area (Å²) in [4.78, 5) is 0. The van der Waals surface area contributed by atoms with E-state index in [2.05, 4.69) is 0 Å². The Morgan fingerprint density at radius 2 is 1.08 bits per heavy atom. The van der Waals surface area contributed by atoms with Crippen molar-refractivity contribution in [3.05, 3.63) is 0 Å². The zero-order valence-corrected chi connectivity index (χ0v) is 9.51. The molecule has 0 aliphatic carbocycles. The summed E-state index contributed by atoms with van der Waals surface area (Å²) in [5.41, 5.74) is -0.500. The zero-order valence-electron chi connectivity index (χ0n) is 9.51. The van der Waals surface area contributed by atoms with Gasteiger partial charge in [-0.1, -0.05) is 0 Å². The predicted octanol–water partition coefficient (Wildman–Crippen LogP) is 2.60. The van der Waals surface area contributed by atoms with Gasteiger partial charge in [-0.2, -0.15) is 0 Å². The van der Waals surface area contributed by atoms with Crippen LogP contribution >= 0.6 is 0 Å². The second-order valence-electron chi connectivity index (χ2n) is 4.40. The van der Waals surface area contributed by atoms with Gasteiger partial charge in [0, 0.05) is 0 Å². The highest BCUT2D eigenvalue weighted by atomic mass is 16.5. The maximum absolute atomic E-state index is 8.52. The van der Waals surface area contributed by atoms with E-state index in [9.17, 15) is 0 Å². The quantitative estimate of drug-likeness (QED) is 0.700. The first-order chi connectivity index (χ1) is 5.13. The van der Waals surface area contributed by atoms with E-state index in [4.69, 9.17) is 9.84 Å². The molecule has 0 atom stereocenters. The van der Waals surface area contributed by atoms with Gasteiger partial charge in [0.25, 0.3) is 0 Å². The Morgan fingerprint density at radius 1 is 0.917 bits per heavy atom. The molecule has 76 valence electrons. The van der Waals surface area contributed by atoms with Crippen molar-refractivity contribution >= 4 is 0 Å². The fraction of sp³-hybridized carbons (Fsp3) is 1.00. The summed E-state index contributed by atoms with van der Waals surface area (Å²) in [5, 5.41) is 8.52. The smallest absolute Gasteiger partial charge is 0.0563 e. The van der Waals surface area contributed by atoms with Crippen LogP contribution in [0.15, 0.2) is 0 Å². The monoisotopic (exact) mass is 176 g/mol. The van der Waals surface area contributed by atoms with Crippen LogP contribution in [-0.4, -0.2) is 22.9 Å². The Labute approximate surface area is 76.9 Å². The molecule has 0 aliphatic heterocycles. The van der Waals surface area contributed by atoms with E-state index in [-0.39, 0.29) is 0 Å². The highest BCUT2D eigenvalue weighted by Gasteiger charge is 1.97. The summed E-state index contributed by atoms with van der Waals surface area (Å²) in [6, 6.07) is 0. The van der Waals surface area contributed by atoms with Crippen molar-refractivity contribution in [2.75, 3.05) is 0 Å². The molecule has 0 aromatic heterocycles. The van der Waals surface area contributed by atoms with Crippen LogP contribution in [0.1, 0.15) is 48.5 Å². The van der Waals surface area contributed by atoms with Gasteiger partial charge in [0.15, 0.2) is 0 Å². The van der Waals surface area contributed by atoms with Gasteiger partial charge in [-0.05, 0) is 48.5 Å². The van der Waals surface area contributed by atoms with Gasteiger partial charge in [0.2, 0.25) is 0 Å². The maximum atomic E-state index is 8.52. The molecule has 0 aromatic rings. The Kier molecular flexibility index (Phi) is 7.75. The molecule has 0 aliphatic rings. The van der Waals surface area contributed by atoms with Gasteiger partial charge in [0.05, 0.1) is 17.8 Å². The molecule has 0 radical (unpaired) electrons. The Morgan fingerprint density at radius 3 is 1.08 bits per heavy atom. The summed E-state index contributed by atoms with van der Waals surface area (Å²) in [6.45, 7) is 13.4. The van der Waals surface area contributed by atoms with Gasteiger partial charge in [-0.25, -0.2) is 0 Å². The van der Waals surface area contributed by atoms with Crippen LogP contribution in [0.3, 0.4) is 0 Å². The molecule has 0 bridgehead atoms. The third kappa shape index (κ3) is 51.4. The maximum Gasteiger partial charge on any atom is 0.0563 e. The van der Waals surface area contributed by atoms with Crippen molar-refractivity contribution in [2.45, 2.75) is 66.3 Å². The summed E-state index contributed by atoms with van der Waals surface area (Å²) in [5.74, 6) is 0. The lowest BCUT2D eigenvalue weighted by atomic mass is 10.2. The molecule has 2 nitrogen and oxygen atoms in total. The molecule has 0 aromatic carbocycles. The van der Waals surface area contributed by atoms with Gasteiger partial charge in [-0.3, -0.25) is 0 Å². The van der Waals surface area contributed by atoms with Crippen molar-refractivity contribution in [3.63, 3.8) is 0 Å². The number of rotatable bonds is 2. The molecule has 0 saturated heterocycles. The number of hydrogen-bond donors (Lipinski definition) is 1. The number of aliphatic hydroxyl groups is 1. The molecule has 0 rings (SSSR count). The summed E-state index contributed by atoms with van der Waals surface area (Å²) in [6.07, 6.45) is 0.750. The molecule has 0 spiro atoms.